The third-order valence-electron chi connectivity index (χ3n) is 3.92. The number of nitrogens with zero attached hydrogens (tertiary/aromatic N) is 1. The average molecular weight is 270 g/mol. The minimum absolute atomic E-state index is 0.185. The van der Waals surface area contributed by atoms with Crippen molar-refractivity contribution in [3.63, 3.8) is 0 Å². The second-order valence-corrected chi connectivity index (χ2v) is 8.30. The van der Waals surface area contributed by atoms with Crippen LogP contribution in [0.15, 0.2) is 0 Å². The molecule has 1 saturated carbocycles. The van der Waals surface area contributed by atoms with E-state index in [0.717, 1.165) is 19.6 Å². The summed E-state index contributed by atoms with van der Waals surface area (Å²) in [5, 5.41) is 13.6. The molecule has 0 aliphatic heterocycles. The topological polar surface area (TPSA) is 35.5 Å². The fraction of sp³-hybridized carbons (Fsp3) is 1.00. The van der Waals surface area contributed by atoms with E-state index in [4.69, 9.17) is 0 Å². The standard InChI is InChI=1S/C16H34N2O/c1-14(2,3)17-11-16(9-7-8-10-16)13-18(6)12-15(4,5)19/h17,19H,7-13H2,1-6H3. The Bertz CT molecular complexity index is 269. The van der Waals surface area contributed by atoms with Crippen molar-refractivity contribution in [3.05, 3.63) is 0 Å². The maximum Gasteiger partial charge on any atom is 0.0718 e. The first kappa shape index (κ1) is 16.9. The van der Waals surface area contributed by atoms with Crippen LogP contribution >= 0.6 is 0 Å². The molecule has 0 atom stereocenters. The Balaban J connectivity index is 2.56. The molecule has 0 heterocycles. The van der Waals surface area contributed by atoms with E-state index in [1.807, 2.05) is 13.8 Å². The zero-order valence-electron chi connectivity index (χ0n) is 13.8. The van der Waals surface area contributed by atoms with Gasteiger partial charge in [-0.3, -0.25) is 0 Å². The zero-order valence-corrected chi connectivity index (χ0v) is 13.8. The molecular weight excluding hydrogens is 236 g/mol. The van der Waals surface area contributed by atoms with E-state index < -0.39 is 5.60 Å². The summed E-state index contributed by atoms with van der Waals surface area (Å²) in [6.07, 6.45) is 5.32. The monoisotopic (exact) mass is 270 g/mol. The van der Waals surface area contributed by atoms with Crippen molar-refractivity contribution in [1.82, 2.24) is 10.2 Å². The number of nitrogens with one attached hydrogen (secondary N) is 1. The van der Waals surface area contributed by atoms with Crippen LogP contribution in [0.3, 0.4) is 0 Å². The molecule has 0 aromatic carbocycles. The second-order valence-electron chi connectivity index (χ2n) is 8.30. The molecule has 0 radical (unpaired) electrons. The fourth-order valence-corrected chi connectivity index (χ4v) is 3.26. The lowest BCUT2D eigenvalue weighted by atomic mass is 9.84. The molecule has 1 rings (SSSR count). The van der Waals surface area contributed by atoms with Crippen LogP contribution in [0.5, 0.6) is 0 Å². The number of rotatable bonds is 6. The van der Waals surface area contributed by atoms with E-state index in [1.165, 1.54) is 25.7 Å². The summed E-state index contributed by atoms with van der Waals surface area (Å²) in [5.41, 5.74) is -0.0241. The van der Waals surface area contributed by atoms with Gasteiger partial charge in [0.2, 0.25) is 0 Å². The summed E-state index contributed by atoms with van der Waals surface area (Å²) >= 11 is 0. The number of likely N-dealkylation sites (N-methyl/N-ethyl adjacent to an activating group) is 1. The van der Waals surface area contributed by atoms with Crippen LogP contribution in [0.25, 0.3) is 0 Å². The van der Waals surface area contributed by atoms with Crippen molar-refractivity contribution in [1.29, 1.82) is 0 Å². The highest BCUT2D eigenvalue weighted by atomic mass is 16.3. The van der Waals surface area contributed by atoms with E-state index in [2.05, 4.69) is 38.0 Å². The Labute approximate surface area is 119 Å². The molecule has 2 N–H and O–H groups in total. The van der Waals surface area contributed by atoms with Gasteiger partial charge >= 0.3 is 0 Å². The molecule has 0 aromatic rings. The Morgan fingerprint density at radius 3 is 2.05 bits per heavy atom. The summed E-state index contributed by atoms with van der Waals surface area (Å²) in [4.78, 5) is 2.30. The summed E-state index contributed by atoms with van der Waals surface area (Å²) in [7, 11) is 2.13. The zero-order chi connectivity index (χ0) is 14.7. The van der Waals surface area contributed by atoms with Crippen molar-refractivity contribution in [2.24, 2.45) is 5.41 Å². The van der Waals surface area contributed by atoms with E-state index in [1.54, 1.807) is 0 Å². The maximum atomic E-state index is 9.95. The van der Waals surface area contributed by atoms with Gasteiger partial charge in [0.05, 0.1) is 5.60 Å². The van der Waals surface area contributed by atoms with E-state index in [0.29, 0.717) is 5.41 Å². The van der Waals surface area contributed by atoms with Crippen LogP contribution in [-0.4, -0.2) is 47.8 Å². The molecule has 0 unspecified atom stereocenters. The van der Waals surface area contributed by atoms with Crippen molar-refractivity contribution >= 4 is 0 Å². The van der Waals surface area contributed by atoms with Gasteiger partial charge < -0.3 is 15.3 Å². The smallest absolute Gasteiger partial charge is 0.0718 e. The molecule has 0 amide bonds. The van der Waals surface area contributed by atoms with Crippen LogP contribution in [0, 0.1) is 5.41 Å². The van der Waals surface area contributed by atoms with E-state index >= 15 is 0 Å². The first-order valence-electron chi connectivity index (χ1n) is 7.67. The molecular formula is C16H34N2O. The minimum atomic E-state index is -0.605. The molecule has 19 heavy (non-hydrogen) atoms. The van der Waals surface area contributed by atoms with Crippen LogP contribution in [0.1, 0.15) is 60.3 Å². The maximum absolute atomic E-state index is 9.95. The number of hydrogen-bond donors (Lipinski definition) is 2. The first-order valence-corrected chi connectivity index (χ1v) is 7.67. The lowest BCUT2D eigenvalue weighted by Crippen LogP contribution is -2.49. The third-order valence-corrected chi connectivity index (χ3v) is 3.92. The van der Waals surface area contributed by atoms with Gasteiger partial charge in [0, 0.05) is 25.2 Å². The predicted molar refractivity (Wildman–Crippen MR) is 82.5 cm³/mol. The fourth-order valence-electron chi connectivity index (χ4n) is 3.26. The van der Waals surface area contributed by atoms with Gasteiger partial charge in [-0.25, -0.2) is 0 Å². The molecule has 3 heteroatoms. The Morgan fingerprint density at radius 2 is 1.63 bits per heavy atom. The van der Waals surface area contributed by atoms with Crippen molar-refractivity contribution in [2.75, 3.05) is 26.7 Å². The van der Waals surface area contributed by atoms with Gasteiger partial charge in [-0.05, 0) is 59.9 Å². The van der Waals surface area contributed by atoms with Crippen molar-refractivity contribution < 1.29 is 5.11 Å². The lowest BCUT2D eigenvalue weighted by molar-refractivity contribution is 0.0296. The van der Waals surface area contributed by atoms with Gasteiger partial charge in [0.1, 0.15) is 0 Å². The molecule has 0 aromatic heterocycles. The SMILES string of the molecule is CN(CC(C)(C)O)CC1(CNC(C)(C)C)CCCC1. The molecule has 0 bridgehead atoms. The van der Waals surface area contributed by atoms with Gasteiger partial charge in [-0.15, -0.1) is 0 Å². The van der Waals surface area contributed by atoms with E-state index in [-0.39, 0.29) is 5.54 Å². The molecule has 0 spiro atoms. The van der Waals surface area contributed by atoms with Crippen LogP contribution in [0.2, 0.25) is 0 Å². The van der Waals surface area contributed by atoms with Crippen molar-refractivity contribution in [2.45, 2.75) is 71.4 Å². The first-order chi connectivity index (χ1) is 8.52. The number of aliphatic hydroxyl groups is 1. The highest BCUT2D eigenvalue weighted by Gasteiger charge is 2.36. The van der Waals surface area contributed by atoms with Crippen LogP contribution in [-0.2, 0) is 0 Å². The summed E-state index contributed by atoms with van der Waals surface area (Å²) in [6, 6.07) is 0. The highest BCUT2D eigenvalue weighted by molar-refractivity contribution is 4.91. The summed E-state index contributed by atoms with van der Waals surface area (Å²) in [5.74, 6) is 0. The Morgan fingerprint density at radius 1 is 1.11 bits per heavy atom. The predicted octanol–water partition coefficient (Wildman–Crippen LogP) is 2.64. The van der Waals surface area contributed by atoms with Crippen molar-refractivity contribution in [3.8, 4) is 0 Å². The third kappa shape index (κ3) is 6.73. The summed E-state index contributed by atoms with van der Waals surface area (Å²) < 4.78 is 0. The van der Waals surface area contributed by atoms with Gasteiger partial charge in [0.15, 0.2) is 0 Å². The normalized spacial score (nSPS) is 20.2. The van der Waals surface area contributed by atoms with Crippen LogP contribution < -0.4 is 5.32 Å². The van der Waals surface area contributed by atoms with Crippen LogP contribution in [0.4, 0.5) is 0 Å². The molecule has 3 nitrogen and oxygen atoms in total. The Hall–Kier alpha value is -0.120. The molecule has 1 fully saturated rings. The molecule has 1 aliphatic carbocycles. The Kier molecular flexibility index (Phi) is 5.44. The van der Waals surface area contributed by atoms with Gasteiger partial charge in [-0.2, -0.15) is 0 Å². The molecule has 1 aliphatic rings. The quantitative estimate of drug-likeness (QED) is 0.779. The highest BCUT2D eigenvalue weighted by Crippen LogP contribution is 2.38. The summed E-state index contributed by atoms with van der Waals surface area (Å²) in [6.45, 7) is 13.4. The number of hydrogen-bond acceptors (Lipinski definition) is 3. The van der Waals surface area contributed by atoms with Gasteiger partial charge in [-0.1, -0.05) is 12.8 Å². The molecule has 0 saturated heterocycles. The molecule has 114 valence electrons. The van der Waals surface area contributed by atoms with Gasteiger partial charge in [0.25, 0.3) is 0 Å². The average Bonchev–Trinajstić information content (AvgIpc) is 2.60. The minimum Gasteiger partial charge on any atom is -0.389 e. The largest absolute Gasteiger partial charge is 0.389 e. The second kappa shape index (κ2) is 6.11. The van der Waals surface area contributed by atoms with E-state index in [9.17, 15) is 5.11 Å². The lowest BCUT2D eigenvalue weighted by Gasteiger charge is -2.38.